The molecule has 0 unspecified atom stereocenters. The van der Waals surface area contributed by atoms with Gasteiger partial charge in [0, 0.05) is 6.04 Å². The molecule has 0 bridgehead atoms. The maximum Gasteiger partial charge on any atom is 0.314 e. The van der Waals surface area contributed by atoms with E-state index in [2.05, 4.69) is 4.84 Å². The van der Waals surface area contributed by atoms with Crippen LogP contribution in [0.3, 0.4) is 0 Å². The van der Waals surface area contributed by atoms with E-state index in [4.69, 9.17) is 26.1 Å². The Morgan fingerprint density at radius 2 is 1.67 bits per heavy atom. The Morgan fingerprint density at radius 1 is 1.56 bits per heavy atom. The molecule has 58 valence electrons. The molecular formula is C3H11ClNO3P. The highest BCUT2D eigenvalue weighted by Gasteiger charge is 1.79. The van der Waals surface area contributed by atoms with Gasteiger partial charge in [-0.05, 0) is 25.6 Å². The van der Waals surface area contributed by atoms with Crippen LogP contribution in [0.4, 0.5) is 0 Å². The standard InChI is InChI=1S/C3H8ClN.H3O3P/c1-3(2)5-4;1-4(2)3/h3,5H,1-2H3;4H,(H2,1,2,3). The quantitative estimate of drug-likeness (QED) is 0.401. The van der Waals surface area contributed by atoms with E-state index in [1.165, 1.54) is 0 Å². The molecule has 3 N–H and O–H groups in total. The van der Waals surface area contributed by atoms with Gasteiger partial charge in [-0.15, -0.1) is 0 Å². The average molecular weight is 176 g/mol. The van der Waals surface area contributed by atoms with E-state index >= 15 is 0 Å². The van der Waals surface area contributed by atoms with Gasteiger partial charge in [-0.2, -0.15) is 0 Å². The zero-order chi connectivity index (χ0) is 7.86. The van der Waals surface area contributed by atoms with Gasteiger partial charge in [0.25, 0.3) is 0 Å². The van der Waals surface area contributed by atoms with E-state index < -0.39 is 8.25 Å². The van der Waals surface area contributed by atoms with Crippen molar-refractivity contribution in [2.24, 2.45) is 0 Å². The van der Waals surface area contributed by atoms with Gasteiger partial charge in [0.2, 0.25) is 0 Å². The minimum atomic E-state index is -3.13. The van der Waals surface area contributed by atoms with Crippen molar-refractivity contribution in [3.8, 4) is 0 Å². The molecule has 4 nitrogen and oxygen atoms in total. The normalized spacial score (nSPS) is 9.22. The lowest BCUT2D eigenvalue weighted by atomic mass is 10.4. The van der Waals surface area contributed by atoms with Crippen LogP contribution >= 0.6 is 20.0 Å². The molecule has 0 aliphatic rings. The highest BCUT2D eigenvalue weighted by molar-refractivity contribution is 7.30. The second kappa shape index (κ2) is 8.40. The summed E-state index contributed by atoms with van der Waals surface area (Å²) in [4.78, 5) is 16.8. The topological polar surface area (TPSA) is 69.6 Å². The smallest absolute Gasteiger partial charge is 0.314 e. The van der Waals surface area contributed by atoms with Crippen molar-refractivity contribution in [2.75, 3.05) is 0 Å². The molecule has 0 saturated heterocycles. The van der Waals surface area contributed by atoms with Gasteiger partial charge in [-0.1, -0.05) is 0 Å². The van der Waals surface area contributed by atoms with Crippen LogP contribution in [0, 0.1) is 0 Å². The van der Waals surface area contributed by atoms with Gasteiger partial charge in [0.15, 0.2) is 0 Å². The number of rotatable bonds is 1. The molecule has 0 aliphatic heterocycles. The second-order valence-corrected chi connectivity index (χ2v) is 2.33. The minimum Gasteiger partial charge on any atom is -0.326 e. The van der Waals surface area contributed by atoms with Gasteiger partial charge in [0.05, 0.1) is 0 Å². The SMILES string of the molecule is CC(C)NCl.O=[PH](O)O. The third kappa shape index (κ3) is 59.7. The lowest BCUT2D eigenvalue weighted by Crippen LogP contribution is -2.09. The zero-order valence-corrected chi connectivity index (χ0v) is 7.01. The molecule has 6 heteroatoms. The van der Waals surface area contributed by atoms with Gasteiger partial charge in [-0.25, -0.2) is 4.84 Å². The van der Waals surface area contributed by atoms with Crippen molar-refractivity contribution in [2.45, 2.75) is 19.9 Å². The summed E-state index contributed by atoms with van der Waals surface area (Å²) < 4.78 is 8.74. The highest BCUT2D eigenvalue weighted by Crippen LogP contribution is 1.98. The molecule has 0 amide bonds. The Bertz CT molecular complexity index is 75.5. The number of nitrogens with one attached hydrogen (secondary N) is 1. The lowest BCUT2D eigenvalue weighted by Gasteiger charge is -1.92. The number of halogens is 1. The molecule has 0 saturated carbocycles. The first-order valence-electron chi connectivity index (χ1n) is 2.28. The van der Waals surface area contributed by atoms with Gasteiger partial charge >= 0.3 is 8.25 Å². The lowest BCUT2D eigenvalue weighted by molar-refractivity contribution is 0.405. The zero-order valence-electron chi connectivity index (χ0n) is 5.26. The monoisotopic (exact) mass is 175 g/mol. The van der Waals surface area contributed by atoms with Crippen LogP contribution < -0.4 is 4.84 Å². The Balaban J connectivity index is 0. The molecule has 0 aromatic heterocycles. The fraction of sp³-hybridized carbons (Fsp3) is 1.00. The first-order valence-corrected chi connectivity index (χ1v) is 3.96. The van der Waals surface area contributed by atoms with Crippen LogP contribution in [0.1, 0.15) is 13.8 Å². The summed E-state index contributed by atoms with van der Waals surface area (Å²) in [6.45, 7) is 3.96. The van der Waals surface area contributed by atoms with Crippen LogP contribution in [0.15, 0.2) is 0 Å². The minimum absolute atomic E-state index is 0.400. The van der Waals surface area contributed by atoms with Gasteiger partial charge < -0.3 is 9.79 Å². The third-order valence-electron chi connectivity index (χ3n) is 0.218. The second-order valence-electron chi connectivity index (χ2n) is 1.55. The van der Waals surface area contributed by atoms with Crippen molar-refractivity contribution in [1.29, 1.82) is 0 Å². The molecule has 0 aromatic carbocycles. The summed E-state index contributed by atoms with van der Waals surface area (Å²) in [5.74, 6) is 0. The third-order valence-corrected chi connectivity index (χ3v) is 0.655. The molecule has 0 atom stereocenters. The molecule has 0 rings (SSSR count). The summed E-state index contributed by atoms with van der Waals surface area (Å²) in [5, 5.41) is 0. The molecule has 0 heterocycles. The van der Waals surface area contributed by atoms with Crippen LogP contribution in [0.25, 0.3) is 0 Å². The Morgan fingerprint density at radius 3 is 1.67 bits per heavy atom. The van der Waals surface area contributed by atoms with E-state index in [-0.39, 0.29) is 0 Å². The fourth-order valence-corrected chi connectivity index (χ4v) is 0. The summed E-state index contributed by atoms with van der Waals surface area (Å²) in [6.07, 6.45) is 0. The average Bonchev–Trinajstić information content (AvgIpc) is 1.65. The first-order chi connectivity index (χ1) is 4.00. The van der Waals surface area contributed by atoms with Gasteiger partial charge in [0.1, 0.15) is 0 Å². The summed E-state index contributed by atoms with van der Waals surface area (Å²) in [5.41, 5.74) is 0. The largest absolute Gasteiger partial charge is 0.326 e. The first kappa shape index (κ1) is 12.1. The number of hydrogen-bond donors (Lipinski definition) is 3. The molecular weight excluding hydrogens is 164 g/mol. The van der Waals surface area contributed by atoms with Crippen LogP contribution in [-0.4, -0.2) is 15.8 Å². The number of hydrogen-bond acceptors (Lipinski definition) is 2. The Labute approximate surface area is 59.9 Å². The van der Waals surface area contributed by atoms with Crippen LogP contribution in [-0.2, 0) is 4.57 Å². The van der Waals surface area contributed by atoms with Crippen molar-refractivity contribution < 1.29 is 14.4 Å². The Kier molecular flexibility index (Phi) is 11.3. The predicted octanol–water partition coefficient (Wildman–Crippen LogP) is 0.499. The van der Waals surface area contributed by atoms with Crippen LogP contribution in [0.2, 0.25) is 0 Å². The molecule has 0 fully saturated rings. The van der Waals surface area contributed by atoms with Gasteiger partial charge in [-0.3, -0.25) is 4.57 Å². The van der Waals surface area contributed by atoms with E-state index in [1.807, 2.05) is 13.8 Å². The van der Waals surface area contributed by atoms with E-state index in [0.717, 1.165) is 0 Å². The van der Waals surface area contributed by atoms with Crippen molar-refractivity contribution in [3.05, 3.63) is 0 Å². The van der Waals surface area contributed by atoms with Crippen LogP contribution in [0.5, 0.6) is 0 Å². The molecule has 0 radical (unpaired) electrons. The van der Waals surface area contributed by atoms with Crippen molar-refractivity contribution in [1.82, 2.24) is 4.84 Å². The summed E-state index contributed by atoms with van der Waals surface area (Å²) in [7, 11) is -3.13. The molecule has 0 spiro atoms. The maximum absolute atomic E-state index is 8.74. The van der Waals surface area contributed by atoms with E-state index in [0.29, 0.717) is 6.04 Å². The Hall–Kier alpha value is 0.400. The highest BCUT2D eigenvalue weighted by atomic mass is 35.5. The molecule has 0 aromatic rings. The van der Waals surface area contributed by atoms with E-state index in [1.54, 1.807) is 0 Å². The molecule has 9 heavy (non-hydrogen) atoms. The van der Waals surface area contributed by atoms with Crippen molar-refractivity contribution >= 4 is 20.0 Å². The van der Waals surface area contributed by atoms with Crippen molar-refractivity contribution in [3.63, 3.8) is 0 Å². The summed E-state index contributed by atoms with van der Waals surface area (Å²) >= 11 is 5.09. The summed E-state index contributed by atoms with van der Waals surface area (Å²) in [6, 6.07) is 0.400. The predicted molar refractivity (Wildman–Crippen MR) is 37.6 cm³/mol. The fourth-order valence-electron chi connectivity index (χ4n) is 0. The van der Waals surface area contributed by atoms with E-state index in [9.17, 15) is 0 Å². The molecule has 0 aliphatic carbocycles. The maximum atomic E-state index is 8.74.